The Morgan fingerprint density at radius 1 is 1.21 bits per heavy atom. The first-order valence-corrected chi connectivity index (χ1v) is 9.54. The number of hydrogen-bond donors (Lipinski definition) is 2. The van der Waals surface area contributed by atoms with Crippen LogP contribution in [0.15, 0.2) is 42.5 Å². The van der Waals surface area contributed by atoms with Crippen molar-refractivity contribution in [2.75, 3.05) is 50.1 Å². The van der Waals surface area contributed by atoms with Crippen molar-refractivity contribution in [2.24, 2.45) is 0 Å². The summed E-state index contributed by atoms with van der Waals surface area (Å²) in [5, 5.41) is 2.14. The van der Waals surface area contributed by atoms with Gasteiger partial charge >= 0.3 is 6.18 Å². The van der Waals surface area contributed by atoms with Crippen LogP contribution in [0, 0.1) is 0 Å². The van der Waals surface area contributed by atoms with Crippen LogP contribution in [-0.2, 0) is 11.0 Å². The van der Waals surface area contributed by atoms with Crippen LogP contribution in [0.2, 0.25) is 5.02 Å². The number of nitrogens with one attached hydrogen (secondary N) is 2. The van der Waals surface area contributed by atoms with Gasteiger partial charge in [-0.15, -0.1) is 0 Å². The lowest BCUT2D eigenvalue weighted by molar-refractivity contribution is -0.892. The van der Waals surface area contributed by atoms with E-state index in [1.165, 1.54) is 6.07 Å². The molecule has 1 amide bonds. The number of alkyl halides is 3. The zero-order valence-electron chi connectivity index (χ0n) is 15.9. The van der Waals surface area contributed by atoms with Crippen molar-refractivity contribution in [1.82, 2.24) is 0 Å². The average molecular weight is 429 g/mol. The molecule has 2 aromatic rings. The molecule has 0 unspecified atom stereocenters. The molecule has 2 N–H and O–H groups in total. The number of carbonyl (C=O) groups excluding carboxylic acids is 1. The quantitative estimate of drug-likeness (QED) is 0.769. The standard InChI is InChI=1S/C20H21ClF3N3O2/c1-29-18-5-3-2-4-17(18)27-10-8-26(9-11-27)13-19(28)25-14-6-7-16(21)15(12-14)20(22,23)24/h2-7,12H,8-11,13H2,1H3,(H,25,28)/p+1. The van der Waals surface area contributed by atoms with Crippen molar-refractivity contribution in [3.05, 3.63) is 53.1 Å². The number of anilines is 2. The minimum Gasteiger partial charge on any atom is -0.495 e. The van der Waals surface area contributed by atoms with E-state index in [0.717, 1.165) is 54.6 Å². The molecule has 0 aliphatic carbocycles. The molecule has 2 aromatic carbocycles. The molecule has 0 atom stereocenters. The lowest BCUT2D eigenvalue weighted by atomic mass is 10.2. The van der Waals surface area contributed by atoms with Crippen LogP contribution in [0.25, 0.3) is 0 Å². The van der Waals surface area contributed by atoms with Gasteiger partial charge in [0.05, 0.1) is 49.6 Å². The van der Waals surface area contributed by atoms with Gasteiger partial charge in [0.15, 0.2) is 6.54 Å². The number of amides is 1. The molecule has 0 spiro atoms. The number of ether oxygens (including phenoxy) is 1. The van der Waals surface area contributed by atoms with Crippen molar-refractivity contribution >= 4 is 28.9 Å². The van der Waals surface area contributed by atoms with Gasteiger partial charge in [0.1, 0.15) is 5.75 Å². The van der Waals surface area contributed by atoms with Gasteiger partial charge in [0.25, 0.3) is 5.91 Å². The van der Waals surface area contributed by atoms with E-state index >= 15 is 0 Å². The second-order valence-corrected chi connectivity index (χ2v) is 7.23. The molecule has 1 aliphatic rings. The fourth-order valence-electron chi connectivity index (χ4n) is 3.38. The number of halogens is 4. The minimum atomic E-state index is -4.57. The summed E-state index contributed by atoms with van der Waals surface area (Å²) in [7, 11) is 1.63. The van der Waals surface area contributed by atoms with Crippen molar-refractivity contribution < 1.29 is 27.6 Å². The normalized spacial score (nSPS) is 15.3. The van der Waals surface area contributed by atoms with Crippen LogP contribution < -0.4 is 19.9 Å². The first-order valence-electron chi connectivity index (χ1n) is 9.16. The van der Waals surface area contributed by atoms with Crippen LogP contribution in [0.4, 0.5) is 24.5 Å². The maximum Gasteiger partial charge on any atom is 0.417 e. The van der Waals surface area contributed by atoms with Crippen LogP contribution in [0.1, 0.15) is 5.56 Å². The van der Waals surface area contributed by atoms with Gasteiger partial charge < -0.3 is 19.9 Å². The third-order valence-electron chi connectivity index (χ3n) is 4.86. The number of rotatable bonds is 5. The Morgan fingerprint density at radius 3 is 2.55 bits per heavy atom. The first-order chi connectivity index (χ1) is 13.8. The summed E-state index contributed by atoms with van der Waals surface area (Å²) in [5.74, 6) is 0.470. The second kappa shape index (κ2) is 8.92. The molecule has 5 nitrogen and oxygen atoms in total. The van der Waals surface area contributed by atoms with Gasteiger partial charge in [0.2, 0.25) is 0 Å². The molecule has 1 aliphatic heterocycles. The third kappa shape index (κ3) is 5.33. The topological polar surface area (TPSA) is 46.0 Å². The highest BCUT2D eigenvalue weighted by molar-refractivity contribution is 6.31. The Kier molecular flexibility index (Phi) is 6.54. The van der Waals surface area contributed by atoms with Gasteiger partial charge in [-0.3, -0.25) is 4.79 Å². The zero-order chi connectivity index (χ0) is 21.0. The van der Waals surface area contributed by atoms with Gasteiger partial charge in [0, 0.05) is 5.69 Å². The number of quaternary nitrogens is 1. The summed E-state index contributed by atoms with van der Waals surface area (Å²) in [6.07, 6.45) is -4.57. The van der Waals surface area contributed by atoms with E-state index in [1.54, 1.807) is 7.11 Å². The lowest BCUT2D eigenvalue weighted by Gasteiger charge is -2.34. The highest BCUT2D eigenvalue weighted by Gasteiger charge is 2.33. The fourth-order valence-corrected chi connectivity index (χ4v) is 3.61. The molecule has 156 valence electrons. The molecule has 9 heteroatoms. The number of piperazine rings is 1. The summed E-state index contributed by atoms with van der Waals surface area (Å²) in [4.78, 5) is 15.6. The number of nitrogens with zero attached hydrogens (tertiary/aromatic N) is 1. The van der Waals surface area contributed by atoms with Crippen LogP contribution in [0.5, 0.6) is 5.75 Å². The van der Waals surface area contributed by atoms with Gasteiger partial charge in [-0.05, 0) is 30.3 Å². The Bertz CT molecular complexity index is 868. The Balaban J connectivity index is 1.55. The van der Waals surface area contributed by atoms with E-state index in [0.29, 0.717) is 0 Å². The van der Waals surface area contributed by atoms with Crippen molar-refractivity contribution in [1.29, 1.82) is 0 Å². The predicted molar refractivity (Wildman–Crippen MR) is 106 cm³/mol. The molecule has 0 radical (unpaired) electrons. The van der Waals surface area contributed by atoms with E-state index in [9.17, 15) is 18.0 Å². The zero-order valence-corrected chi connectivity index (χ0v) is 16.6. The highest BCUT2D eigenvalue weighted by atomic mass is 35.5. The van der Waals surface area contributed by atoms with E-state index in [2.05, 4.69) is 10.2 Å². The largest absolute Gasteiger partial charge is 0.495 e. The van der Waals surface area contributed by atoms with Crippen LogP contribution in [-0.4, -0.2) is 45.7 Å². The molecular weight excluding hydrogens is 407 g/mol. The van der Waals surface area contributed by atoms with Crippen molar-refractivity contribution in [2.45, 2.75) is 6.18 Å². The maximum absolute atomic E-state index is 13.0. The number of methoxy groups -OCH3 is 1. The van der Waals surface area contributed by atoms with E-state index in [1.807, 2.05) is 24.3 Å². The molecule has 0 saturated carbocycles. The molecule has 29 heavy (non-hydrogen) atoms. The summed E-state index contributed by atoms with van der Waals surface area (Å²) in [5.41, 5.74) is 0.132. The number of para-hydroxylation sites is 2. The summed E-state index contributed by atoms with van der Waals surface area (Å²) in [6.45, 7) is 3.16. The Labute approximate surface area is 172 Å². The van der Waals surface area contributed by atoms with E-state index in [4.69, 9.17) is 16.3 Å². The smallest absolute Gasteiger partial charge is 0.417 e. The average Bonchev–Trinajstić information content (AvgIpc) is 2.69. The maximum atomic E-state index is 13.0. The summed E-state index contributed by atoms with van der Waals surface area (Å²) < 4.78 is 44.3. The van der Waals surface area contributed by atoms with Gasteiger partial charge in [-0.1, -0.05) is 23.7 Å². The summed E-state index contributed by atoms with van der Waals surface area (Å²) in [6, 6.07) is 11.1. The lowest BCUT2D eigenvalue weighted by Crippen LogP contribution is -3.15. The van der Waals surface area contributed by atoms with E-state index < -0.39 is 16.8 Å². The molecule has 0 bridgehead atoms. The highest BCUT2D eigenvalue weighted by Crippen LogP contribution is 2.36. The van der Waals surface area contributed by atoms with Crippen molar-refractivity contribution in [3.63, 3.8) is 0 Å². The Hall–Kier alpha value is -2.45. The van der Waals surface area contributed by atoms with Gasteiger partial charge in [-0.25, -0.2) is 0 Å². The summed E-state index contributed by atoms with van der Waals surface area (Å²) >= 11 is 5.61. The Morgan fingerprint density at radius 2 is 1.90 bits per heavy atom. The molecule has 1 heterocycles. The molecule has 1 fully saturated rings. The number of hydrogen-bond acceptors (Lipinski definition) is 3. The minimum absolute atomic E-state index is 0.0822. The second-order valence-electron chi connectivity index (χ2n) is 6.83. The molecule has 0 aromatic heterocycles. The van der Waals surface area contributed by atoms with Gasteiger partial charge in [-0.2, -0.15) is 13.2 Å². The SMILES string of the molecule is COc1ccccc1N1CC[NH+](CC(=O)Nc2ccc(Cl)c(C(F)(F)F)c2)CC1. The molecular formula is C20H22ClF3N3O2+. The van der Waals surface area contributed by atoms with Crippen molar-refractivity contribution in [3.8, 4) is 5.75 Å². The fraction of sp³-hybridized carbons (Fsp3) is 0.350. The molecule has 1 saturated heterocycles. The number of benzene rings is 2. The molecule has 3 rings (SSSR count). The monoisotopic (exact) mass is 428 g/mol. The number of carbonyl (C=O) groups is 1. The van der Waals surface area contributed by atoms with E-state index in [-0.39, 0.29) is 18.1 Å². The van der Waals surface area contributed by atoms with Crippen LogP contribution in [0.3, 0.4) is 0 Å². The first kappa shape index (κ1) is 21.3. The predicted octanol–water partition coefficient (Wildman–Crippen LogP) is 2.71. The van der Waals surface area contributed by atoms with Crippen LogP contribution >= 0.6 is 11.6 Å². The third-order valence-corrected chi connectivity index (χ3v) is 5.19.